The number of benzene rings is 7. The van der Waals surface area contributed by atoms with Gasteiger partial charge in [0.05, 0.1) is 16.7 Å². The molecule has 0 saturated heterocycles. The molecule has 2 aliphatic rings. The highest BCUT2D eigenvalue weighted by Gasteiger charge is 2.39. The van der Waals surface area contributed by atoms with Gasteiger partial charge in [-0.2, -0.15) is 11.6 Å². The molecule has 0 radical (unpaired) electrons. The zero-order chi connectivity index (χ0) is 30.2. The first-order valence-electron chi connectivity index (χ1n) is 15.7. The number of rotatable bonds is 3. The Bertz CT molecular complexity index is 2450. The number of ether oxygens (including phenoxy) is 1. The minimum Gasteiger partial charge on any atom is -0.458 e. The molecule has 7 aromatic carbocycles. The van der Waals surface area contributed by atoms with E-state index in [-0.39, 0.29) is 5.99 Å². The highest BCUT2D eigenvalue weighted by molar-refractivity contribution is 8.28. The van der Waals surface area contributed by atoms with E-state index >= 15 is 0 Å². The molecule has 10 rings (SSSR count). The standard InChI is InChI=1S/C42H26BNOS/c1-2-11-27(12-3-1)28-13-10-14-29(23-28)30-21-22-34-35-25-31(44-37-18-7-4-15-32(37)33-16-5-8-19-38(33)44)26-40-42(35)43(46-41(34)24-30)36-17-6-9-20-39(36)45-40/h1-26H. The third-order valence-corrected chi connectivity index (χ3v) is 10.8. The Morgan fingerprint density at radius 2 is 1.13 bits per heavy atom. The molecule has 46 heavy (non-hydrogen) atoms. The van der Waals surface area contributed by atoms with Gasteiger partial charge < -0.3 is 9.30 Å². The second-order valence-corrected chi connectivity index (χ2v) is 13.2. The summed E-state index contributed by atoms with van der Waals surface area (Å²) < 4.78 is 9.12. The summed E-state index contributed by atoms with van der Waals surface area (Å²) in [5.74, 6) is 2.03. The molecule has 2 aliphatic heterocycles. The average molecular weight is 604 g/mol. The monoisotopic (exact) mass is 603 g/mol. The van der Waals surface area contributed by atoms with Gasteiger partial charge in [-0.05, 0) is 80.7 Å². The van der Waals surface area contributed by atoms with Crippen molar-refractivity contribution in [2.75, 3.05) is 0 Å². The van der Waals surface area contributed by atoms with Gasteiger partial charge in [0.15, 0.2) is 0 Å². The lowest BCUT2D eigenvalue weighted by atomic mass is 9.57. The largest absolute Gasteiger partial charge is 0.458 e. The van der Waals surface area contributed by atoms with Crippen LogP contribution in [0.3, 0.4) is 0 Å². The molecule has 1 aromatic heterocycles. The Morgan fingerprint density at radius 3 is 1.93 bits per heavy atom. The SMILES string of the molecule is c1ccc(-c2cccc(-c3ccc4c(c3)SB3c5ccccc5Oc5cc(-n6c7ccccc7c7ccccc76)cc-4c53)c2)cc1. The van der Waals surface area contributed by atoms with Crippen LogP contribution in [0.1, 0.15) is 0 Å². The lowest BCUT2D eigenvalue weighted by molar-refractivity contribution is 0.487. The van der Waals surface area contributed by atoms with E-state index in [1.54, 1.807) is 0 Å². The Hall–Kier alpha value is -5.45. The van der Waals surface area contributed by atoms with E-state index in [9.17, 15) is 0 Å². The molecule has 0 unspecified atom stereocenters. The molecule has 214 valence electrons. The fourth-order valence-corrected chi connectivity index (χ4v) is 8.80. The van der Waals surface area contributed by atoms with Crippen molar-refractivity contribution in [1.29, 1.82) is 0 Å². The van der Waals surface area contributed by atoms with Crippen molar-refractivity contribution in [3.63, 3.8) is 0 Å². The van der Waals surface area contributed by atoms with Crippen molar-refractivity contribution >= 4 is 50.3 Å². The molecule has 0 atom stereocenters. The zero-order valence-electron chi connectivity index (χ0n) is 24.9. The van der Waals surface area contributed by atoms with Crippen molar-refractivity contribution in [1.82, 2.24) is 4.57 Å². The summed E-state index contributed by atoms with van der Waals surface area (Å²) in [6, 6.07) is 57.0. The highest BCUT2D eigenvalue weighted by Crippen LogP contribution is 2.46. The molecule has 0 N–H and O–H groups in total. The second kappa shape index (κ2) is 10.0. The lowest BCUT2D eigenvalue weighted by Gasteiger charge is -2.33. The van der Waals surface area contributed by atoms with Crippen molar-refractivity contribution in [2.24, 2.45) is 0 Å². The number of hydrogen-bond acceptors (Lipinski definition) is 2. The summed E-state index contributed by atoms with van der Waals surface area (Å²) in [5.41, 5.74) is 13.4. The minimum absolute atomic E-state index is 0.153. The van der Waals surface area contributed by atoms with Crippen LogP contribution in [0.4, 0.5) is 0 Å². The van der Waals surface area contributed by atoms with Crippen molar-refractivity contribution in [3.05, 3.63) is 158 Å². The number of hydrogen-bond donors (Lipinski definition) is 0. The van der Waals surface area contributed by atoms with Gasteiger partial charge in [0, 0.05) is 21.7 Å². The van der Waals surface area contributed by atoms with Crippen LogP contribution in [-0.2, 0) is 0 Å². The zero-order valence-corrected chi connectivity index (χ0v) is 25.7. The topological polar surface area (TPSA) is 14.2 Å². The highest BCUT2D eigenvalue weighted by atomic mass is 32.2. The van der Waals surface area contributed by atoms with Crippen molar-refractivity contribution in [2.45, 2.75) is 4.90 Å². The summed E-state index contributed by atoms with van der Waals surface area (Å²) in [7, 11) is 0. The van der Waals surface area contributed by atoms with Gasteiger partial charge in [-0.25, -0.2) is 0 Å². The molecule has 0 fully saturated rings. The Morgan fingerprint density at radius 1 is 0.478 bits per heavy atom. The average Bonchev–Trinajstić information content (AvgIpc) is 3.46. The lowest BCUT2D eigenvalue weighted by Crippen LogP contribution is -2.46. The second-order valence-electron chi connectivity index (χ2n) is 12.1. The molecule has 0 spiro atoms. The molecule has 2 nitrogen and oxygen atoms in total. The van der Waals surface area contributed by atoms with Gasteiger partial charge in [0.2, 0.25) is 0 Å². The number of aromatic nitrogens is 1. The first kappa shape index (κ1) is 25.8. The maximum Gasteiger partial charge on any atom is 0.289 e. The van der Waals surface area contributed by atoms with Crippen LogP contribution in [0, 0.1) is 0 Å². The Labute approximate surface area is 271 Å². The van der Waals surface area contributed by atoms with Crippen LogP contribution in [0.5, 0.6) is 11.5 Å². The van der Waals surface area contributed by atoms with Crippen molar-refractivity contribution < 1.29 is 4.74 Å². The summed E-state index contributed by atoms with van der Waals surface area (Å²) in [4.78, 5) is 1.29. The predicted molar refractivity (Wildman–Crippen MR) is 194 cm³/mol. The van der Waals surface area contributed by atoms with E-state index in [2.05, 4.69) is 162 Å². The van der Waals surface area contributed by atoms with Crippen LogP contribution in [0.2, 0.25) is 0 Å². The third kappa shape index (κ3) is 3.87. The molecule has 3 heterocycles. The number of fused-ring (bicyclic) bond motifs is 7. The minimum atomic E-state index is 0.153. The van der Waals surface area contributed by atoms with Crippen molar-refractivity contribution in [3.8, 4) is 50.6 Å². The van der Waals surface area contributed by atoms with Gasteiger partial charge >= 0.3 is 0 Å². The predicted octanol–water partition coefficient (Wildman–Crippen LogP) is 10.1. The van der Waals surface area contributed by atoms with Crippen LogP contribution >= 0.6 is 11.6 Å². The van der Waals surface area contributed by atoms with Gasteiger partial charge in [-0.1, -0.05) is 115 Å². The van der Waals surface area contributed by atoms with Crippen LogP contribution in [-0.4, -0.2) is 10.6 Å². The van der Waals surface area contributed by atoms with Gasteiger partial charge in [0.1, 0.15) is 11.5 Å². The molecule has 0 bridgehead atoms. The fourth-order valence-electron chi connectivity index (χ4n) is 7.36. The molecular weight excluding hydrogens is 577 g/mol. The van der Waals surface area contributed by atoms with Crippen LogP contribution < -0.4 is 15.7 Å². The number of nitrogens with zero attached hydrogens (tertiary/aromatic N) is 1. The molecule has 4 heteroatoms. The summed E-state index contributed by atoms with van der Waals surface area (Å²) >= 11 is 1.94. The molecule has 0 amide bonds. The van der Waals surface area contributed by atoms with E-state index in [4.69, 9.17) is 4.74 Å². The maximum absolute atomic E-state index is 6.72. The normalized spacial score (nSPS) is 12.8. The molecule has 0 saturated carbocycles. The number of para-hydroxylation sites is 3. The summed E-state index contributed by atoms with van der Waals surface area (Å²) in [5, 5.41) is 2.51. The fraction of sp³-hybridized carbons (Fsp3) is 0. The van der Waals surface area contributed by atoms with E-state index in [1.165, 1.54) is 71.0 Å². The Kier molecular flexibility index (Phi) is 5.64. The molecule has 8 aromatic rings. The van der Waals surface area contributed by atoms with Crippen LogP contribution in [0.25, 0.3) is 60.9 Å². The van der Waals surface area contributed by atoms with Gasteiger partial charge in [-0.15, -0.1) is 0 Å². The smallest absolute Gasteiger partial charge is 0.289 e. The maximum atomic E-state index is 6.72. The van der Waals surface area contributed by atoms with E-state index in [1.807, 2.05) is 11.6 Å². The molecule has 0 aliphatic carbocycles. The van der Waals surface area contributed by atoms with E-state index < -0.39 is 0 Å². The third-order valence-electron chi connectivity index (χ3n) is 9.47. The van der Waals surface area contributed by atoms with Gasteiger partial charge in [-0.3, -0.25) is 0 Å². The Balaban J connectivity index is 1.19. The summed E-state index contributed by atoms with van der Waals surface area (Å²) in [6.45, 7) is 0. The summed E-state index contributed by atoms with van der Waals surface area (Å²) in [6.07, 6.45) is 0. The first-order chi connectivity index (χ1) is 22.8. The van der Waals surface area contributed by atoms with Crippen LogP contribution in [0.15, 0.2) is 163 Å². The van der Waals surface area contributed by atoms with E-state index in [0.29, 0.717) is 0 Å². The molecular formula is C42H26BNOS. The quantitative estimate of drug-likeness (QED) is 0.187. The van der Waals surface area contributed by atoms with Gasteiger partial charge in [0.25, 0.3) is 5.99 Å². The first-order valence-corrected chi connectivity index (χ1v) is 16.6. The van der Waals surface area contributed by atoms with E-state index in [0.717, 1.165) is 17.2 Å².